The number of hydrogen-bond acceptors (Lipinski definition) is 3. The van der Waals surface area contributed by atoms with E-state index in [-0.39, 0.29) is 30.9 Å². The molecule has 1 saturated carbocycles. The van der Waals surface area contributed by atoms with E-state index in [4.69, 9.17) is 4.74 Å². The van der Waals surface area contributed by atoms with Crippen LogP contribution in [0.5, 0.6) is 0 Å². The molecule has 0 aromatic heterocycles. The highest BCUT2D eigenvalue weighted by atomic mass is 16.5. The molecule has 2 atom stereocenters. The maximum absolute atomic E-state index is 12.0. The molecule has 27 heavy (non-hydrogen) atoms. The van der Waals surface area contributed by atoms with Crippen LogP contribution in [0.4, 0.5) is 0 Å². The van der Waals surface area contributed by atoms with E-state index in [9.17, 15) is 9.59 Å². The molecule has 1 fully saturated rings. The first kappa shape index (κ1) is 19.2. The molecule has 0 spiro atoms. The third kappa shape index (κ3) is 5.68. The molecule has 4 nitrogen and oxygen atoms in total. The molecule has 4 heteroatoms. The number of benzene rings is 2. The van der Waals surface area contributed by atoms with E-state index >= 15 is 0 Å². The SMILES string of the molecule is C[C@@H]1CCCC[C@@H]1NC(=O)COC(=O)Cc1ccc(-c2ccccc2)cc1. The number of rotatable bonds is 6. The zero-order valence-electron chi connectivity index (χ0n) is 15.8. The summed E-state index contributed by atoms with van der Waals surface area (Å²) in [6.45, 7) is 1.96. The number of amides is 1. The fourth-order valence-electron chi connectivity index (χ4n) is 3.59. The Bertz CT molecular complexity index is 755. The van der Waals surface area contributed by atoms with Crippen LogP contribution < -0.4 is 5.32 Å². The number of carbonyl (C=O) groups is 2. The Kier molecular flexibility index (Phi) is 6.64. The average Bonchev–Trinajstić information content (AvgIpc) is 2.69. The summed E-state index contributed by atoms with van der Waals surface area (Å²) in [5, 5.41) is 3.00. The van der Waals surface area contributed by atoms with Crippen LogP contribution in [0.3, 0.4) is 0 Å². The highest BCUT2D eigenvalue weighted by Gasteiger charge is 2.23. The van der Waals surface area contributed by atoms with Crippen LogP contribution in [0.15, 0.2) is 54.6 Å². The van der Waals surface area contributed by atoms with Gasteiger partial charge in [0.15, 0.2) is 6.61 Å². The van der Waals surface area contributed by atoms with Crippen LogP contribution in [0.25, 0.3) is 11.1 Å². The van der Waals surface area contributed by atoms with Gasteiger partial charge in [0.2, 0.25) is 0 Å². The second-order valence-electron chi connectivity index (χ2n) is 7.34. The van der Waals surface area contributed by atoms with Crippen molar-refractivity contribution in [3.63, 3.8) is 0 Å². The summed E-state index contributed by atoms with van der Waals surface area (Å²) in [5.74, 6) is -0.0997. The molecule has 1 aliphatic carbocycles. The monoisotopic (exact) mass is 365 g/mol. The van der Waals surface area contributed by atoms with Gasteiger partial charge in [-0.05, 0) is 35.4 Å². The van der Waals surface area contributed by atoms with Crippen molar-refractivity contribution in [3.05, 3.63) is 60.2 Å². The lowest BCUT2D eigenvalue weighted by atomic mass is 9.86. The molecule has 0 aliphatic heterocycles. The second kappa shape index (κ2) is 9.36. The van der Waals surface area contributed by atoms with Crippen molar-refractivity contribution in [1.29, 1.82) is 0 Å². The minimum atomic E-state index is -0.380. The maximum atomic E-state index is 12.0. The molecule has 0 unspecified atom stereocenters. The highest BCUT2D eigenvalue weighted by molar-refractivity contribution is 5.81. The predicted molar refractivity (Wildman–Crippen MR) is 106 cm³/mol. The van der Waals surface area contributed by atoms with Gasteiger partial charge in [-0.25, -0.2) is 0 Å². The van der Waals surface area contributed by atoms with Gasteiger partial charge in [-0.3, -0.25) is 9.59 Å². The van der Waals surface area contributed by atoms with Crippen LogP contribution in [-0.4, -0.2) is 24.5 Å². The quantitative estimate of drug-likeness (QED) is 0.783. The van der Waals surface area contributed by atoms with E-state index in [0.717, 1.165) is 36.0 Å². The summed E-state index contributed by atoms with van der Waals surface area (Å²) in [6.07, 6.45) is 4.69. The molecule has 1 aliphatic rings. The van der Waals surface area contributed by atoms with E-state index in [1.165, 1.54) is 6.42 Å². The third-order valence-electron chi connectivity index (χ3n) is 5.23. The third-order valence-corrected chi connectivity index (χ3v) is 5.23. The fraction of sp³-hybridized carbons (Fsp3) is 0.391. The van der Waals surface area contributed by atoms with Gasteiger partial charge in [0.1, 0.15) is 0 Å². The Balaban J connectivity index is 1.44. The van der Waals surface area contributed by atoms with Crippen molar-refractivity contribution < 1.29 is 14.3 Å². The Morgan fingerprint density at radius 3 is 2.33 bits per heavy atom. The number of carbonyl (C=O) groups excluding carboxylic acids is 2. The maximum Gasteiger partial charge on any atom is 0.310 e. The van der Waals surface area contributed by atoms with Crippen molar-refractivity contribution in [2.24, 2.45) is 5.92 Å². The first-order valence-corrected chi connectivity index (χ1v) is 9.71. The van der Waals surface area contributed by atoms with Gasteiger partial charge in [0.05, 0.1) is 6.42 Å². The predicted octanol–water partition coefficient (Wildman–Crippen LogP) is 4.13. The lowest BCUT2D eigenvalue weighted by Crippen LogP contribution is -2.42. The van der Waals surface area contributed by atoms with Crippen molar-refractivity contribution in [2.45, 2.75) is 45.1 Å². The van der Waals surface area contributed by atoms with Gasteiger partial charge in [0, 0.05) is 6.04 Å². The van der Waals surface area contributed by atoms with Crippen LogP contribution in [0.2, 0.25) is 0 Å². The molecular formula is C23H27NO3. The van der Waals surface area contributed by atoms with E-state index in [1.807, 2.05) is 42.5 Å². The van der Waals surface area contributed by atoms with Gasteiger partial charge in [0.25, 0.3) is 5.91 Å². The summed E-state index contributed by atoms with van der Waals surface area (Å²) in [7, 11) is 0. The largest absolute Gasteiger partial charge is 0.455 e. The van der Waals surface area contributed by atoms with Gasteiger partial charge in [-0.1, -0.05) is 74.4 Å². The minimum Gasteiger partial charge on any atom is -0.455 e. The van der Waals surface area contributed by atoms with Crippen molar-refractivity contribution in [2.75, 3.05) is 6.61 Å². The zero-order valence-corrected chi connectivity index (χ0v) is 15.8. The molecule has 2 aromatic carbocycles. The van der Waals surface area contributed by atoms with Crippen LogP contribution in [0.1, 0.15) is 38.2 Å². The number of esters is 1. The minimum absolute atomic E-state index is 0.169. The van der Waals surface area contributed by atoms with Crippen molar-refractivity contribution in [1.82, 2.24) is 5.32 Å². The van der Waals surface area contributed by atoms with E-state index < -0.39 is 0 Å². The normalized spacial score (nSPS) is 19.3. The summed E-state index contributed by atoms with van der Waals surface area (Å²) < 4.78 is 5.15. The summed E-state index contributed by atoms with van der Waals surface area (Å²) in [5.41, 5.74) is 3.12. The molecule has 0 heterocycles. The smallest absolute Gasteiger partial charge is 0.310 e. The van der Waals surface area contributed by atoms with E-state index in [2.05, 4.69) is 24.4 Å². The van der Waals surface area contributed by atoms with E-state index in [1.54, 1.807) is 0 Å². The second-order valence-corrected chi connectivity index (χ2v) is 7.34. The average molecular weight is 365 g/mol. The van der Waals surface area contributed by atoms with Crippen LogP contribution in [-0.2, 0) is 20.7 Å². The number of nitrogens with one attached hydrogen (secondary N) is 1. The molecule has 1 N–H and O–H groups in total. The van der Waals surface area contributed by atoms with E-state index in [0.29, 0.717) is 5.92 Å². The Hall–Kier alpha value is -2.62. The van der Waals surface area contributed by atoms with Gasteiger partial charge >= 0.3 is 5.97 Å². The van der Waals surface area contributed by atoms with Gasteiger partial charge in [-0.2, -0.15) is 0 Å². The van der Waals surface area contributed by atoms with Crippen LogP contribution in [0, 0.1) is 5.92 Å². The molecule has 3 rings (SSSR count). The molecule has 0 radical (unpaired) electrons. The summed E-state index contributed by atoms with van der Waals surface area (Å²) in [6, 6.07) is 18.1. The Labute approximate surface area is 160 Å². The van der Waals surface area contributed by atoms with Gasteiger partial charge in [-0.15, -0.1) is 0 Å². The van der Waals surface area contributed by atoms with Crippen molar-refractivity contribution >= 4 is 11.9 Å². The molecule has 1 amide bonds. The highest BCUT2D eigenvalue weighted by Crippen LogP contribution is 2.23. The number of ether oxygens (including phenoxy) is 1. The molecule has 142 valence electrons. The summed E-state index contributed by atoms with van der Waals surface area (Å²) in [4.78, 5) is 24.1. The molecule has 0 saturated heterocycles. The van der Waals surface area contributed by atoms with Crippen molar-refractivity contribution in [3.8, 4) is 11.1 Å². The molecule has 0 bridgehead atoms. The zero-order chi connectivity index (χ0) is 19.1. The topological polar surface area (TPSA) is 55.4 Å². The molecular weight excluding hydrogens is 338 g/mol. The number of hydrogen-bond donors (Lipinski definition) is 1. The van der Waals surface area contributed by atoms with Gasteiger partial charge < -0.3 is 10.1 Å². The first-order valence-electron chi connectivity index (χ1n) is 9.71. The fourth-order valence-corrected chi connectivity index (χ4v) is 3.59. The first-order chi connectivity index (χ1) is 13.1. The lowest BCUT2D eigenvalue weighted by Gasteiger charge is -2.29. The van der Waals surface area contributed by atoms with Crippen LogP contribution >= 0.6 is 0 Å². The Morgan fingerprint density at radius 1 is 0.963 bits per heavy atom. The molecule has 2 aromatic rings. The summed E-state index contributed by atoms with van der Waals surface area (Å²) >= 11 is 0. The Morgan fingerprint density at radius 2 is 1.63 bits per heavy atom. The lowest BCUT2D eigenvalue weighted by molar-refractivity contribution is -0.148. The standard InChI is InChI=1S/C23H27NO3/c1-17-7-5-6-10-21(17)24-22(25)16-27-23(26)15-18-11-13-20(14-12-18)19-8-3-2-4-9-19/h2-4,8-9,11-14,17,21H,5-7,10,15-16H2,1H3,(H,24,25)/t17-,21+/m1/s1.